The van der Waals surface area contributed by atoms with Gasteiger partial charge in [0.2, 0.25) is 0 Å². The van der Waals surface area contributed by atoms with E-state index in [1.807, 2.05) is 0 Å². The van der Waals surface area contributed by atoms with Crippen LogP contribution in [0.25, 0.3) is 0 Å². The molecule has 0 fully saturated rings. The van der Waals surface area contributed by atoms with Crippen molar-refractivity contribution in [2.45, 2.75) is 6.92 Å². The smallest absolute Gasteiger partial charge is 0.350 e. The molecule has 2 aromatic rings. The summed E-state index contributed by atoms with van der Waals surface area (Å²) in [6.45, 7) is 2.04. The highest BCUT2D eigenvalue weighted by Crippen LogP contribution is 2.30. The van der Waals surface area contributed by atoms with Crippen molar-refractivity contribution in [3.63, 3.8) is 0 Å². The number of para-hydroxylation sites is 1. The molecule has 0 amide bonds. The van der Waals surface area contributed by atoms with Crippen molar-refractivity contribution in [2.24, 2.45) is 0 Å². The topological polar surface area (TPSA) is 95.7 Å². The van der Waals surface area contributed by atoms with Gasteiger partial charge in [-0.3, -0.25) is 14.9 Å². The molecule has 0 atom stereocenters. The van der Waals surface area contributed by atoms with Crippen molar-refractivity contribution < 1.29 is 24.0 Å². The van der Waals surface area contributed by atoms with Gasteiger partial charge in [0.15, 0.2) is 11.5 Å². The largest absolute Gasteiger partial charge is 0.490 e. The summed E-state index contributed by atoms with van der Waals surface area (Å²) in [5, 5.41) is 11.0. The van der Waals surface area contributed by atoms with Crippen LogP contribution in [0.2, 0.25) is 0 Å². The van der Waals surface area contributed by atoms with Crippen LogP contribution in [0.5, 0.6) is 11.5 Å². The van der Waals surface area contributed by atoms with Gasteiger partial charge in [-0.05, 0) is 31.2 Å². The van der Waals surface area contributed by atoms with Crippen LogP contribution >= 0.6 is 0 Å². The van der Waals surface area contributed by atoms with Crippen molar-refractivity contribution in [1.29, 1.82) is 0 Å². The lowest BCUT2D eigenvalue weighted by molar-refractivity contribution is -0.385. The van der Waals surface area contributed by atoms with E-state index in [4.69, 9.17) is 9.47 Å². The number of aldehydes is 1. The highest BCUT2D eigenvalue weighted by Gasteiger charge is 2.22. The first-order valence-corrected chi connectivity index (χ1v) is 6.74. The Labute approximate surface area is 131 Å². The lowest BCUT2D eigenvalue weighted by Gasteiger charge is -2.11. The zero-order valence-electron chi connectivity index (χ0n) is 12.2. The summed E-state index contributed by atoms with van der Waals surface area (Å²) in [6.07, 6.45) is 0.635. The van der Waals surface area contributed by atoms with Gasteiger partial charge < -0.3 is 9.47 Å². The van der Waals surface area contributed by atoms with Crippen LogP contribution in [-0.4, -0.2) is 23.8 Å². The van der Waals surface area contributed by atoms with Crippen LogP contribution < -0.4 is 9.47 Å². The van der Waals surface area contributed by atoms with Gasteiger partial charge in [0.1, 0.15) is 11.8 Å². The van der Waals surface area contributed by atoms with Gasteiger partial charge in [0.05, 0.1) is 11.5 Å². The fraction of sp³-hybridized carbons (Fsp3) is 0.125. The molecule has 0 unspecified atom stereocenters. The molecule has 2 rings (SSSR count). The molecule has 0 bridgehead atoms. The molecule has 7 nitrogen and oxygen atoms in total. The molecule has 0 heterocycles. The average molecular weight is 315 g/mol. The number of nitro groups is 1. The van der Waals surface area contributed by atoms with Gasteiger partial charge in [0, 0.05) is 11.6 Å². The fourth-order valence-electron chi connectivity index (χ4n) is 1.91. The highest BCUT2D eigenvalue weighted by atomic mass is 16.6. The summed E-state index contributed by atoms with van der Waals surface area (Å²) < 4.78 is 10.5. The molecule has 23 heavy (non-hydrogen) atoms. The van der Waals surface area contributed by atoms with E-state index in [0.717, 1.165) is 0 Å². The summed E-state index contributed by atoms with van der Waals surface area (Å²) >= 11 is 0. The zero-order valence-corrected chi connectivity index (χ0v) is 12.2. The van der Waals surface area contributed by atoms with Gasteiger partial charge in [-0.15, -0.1) is 0 Å². The number of nitrogens with zero attached hydrogens (tertiary/aromatic N) is 1. The lowest BCUT2D eigenvalue weighted by Crippen LogP contribution is -2.12. The third kappa shape index (κ3) is 3.70. The minimum absolute atomic E-state index is 0.0839. The van der Waals surface area contributed by atoms with Crippen molar-refractivity contribution >= 4 is 17.9 Å². The van der Waals surface area contributed by atoms with E-state index in [9.17, 15) is 19.7 Å². The van der Waals surface area contributed by atoms with Crippen molar-refractivity contribution in [1.82, 2.24) is 0 Å². The van der Waals surface area contributed by atoms with Crippen LogP contribution in [0.1, 0.15) is 27.6 Å². The van der Waals surface area contributed by atoms with E-state index in [1.54, 1.807) is 6.92 Å². The van der Waals surface area contributed by atoms with Crippen LogP contribution in [0.3, 0.4) is 0 Å². The number of benzene rings is 2. The van der Waals surface area contributed by atoms with Crippen molar-refractivity contribution in [3.05, 3.63) is 63.7 Å². The molecule has 0 aliphatic heterocycles. The van der Waals surface area contributed by atoms with Crippen LogP contribution in [0.15, 0.2) is 42.5 Å². The minimum atomic E-state index is -0.878. The van der Waals surface area contributed by atoms with Gasteiger partial charge in [-0.25, -0.2) is 4.79 Å². The zero-order chi connectivity index (χ0) is 16.8. The normalized spacial score (nSPS) is 9.96. The molecule has 0 spiro atoms. The summed E-state index contributed by atoms with van der Waals surface area (Å²) in [4.78, 5) is 33.3. The van der Waals surface area contributed by atoms with E-state index in [2.05, 4.69) is 0 Å². The van der Waals surface area contributed by atoms with Crippen LogP contribution in [-0.2, 0) is 0 Å². The molecule has 0 saturated heterocycles. The lowest BCUT2D eigenvalue weighted by atomic mass is 10.2. The summed E-state index contributed by atoms with van der Waals surface area (Å²) in [7, 11) is 0. The predicted octanol–water partition coefficient (Wildman–Crippen LogP) is 3.03. The molecule has 0 aliphatic carbocycles. The Kier molecular flexibility index (Phi) is 5.03. The molecule has 0 saturated carbocycles. The Morgan fingerprint density at radius 3 is 2.61 bits per heavy atom. The first kappa shape index (κ1) is 16.2. The Morgan fingerprint density at radius 1 is 1.22 bits per heavy atom. The standard InChI is InChI=1S/C16H13NO6/c1-2-22-15-9-11(10-18)7-8-14(15)23-16(19)12-5-3-4-6-13(12)17(20)21/h3-10H,2H2,1H3. The van der Waals surface area contributed by atoms with Crippen molar-refractivity contribution in [3.8, 4) is 11.5 Å². The van der Waals surface area contributed by atoms with E-state index < -0.39 is 10.9 Å². The monoisotopic (exact) mass is 315 g/mol. The number of rotatable bonds is 6. The van der Waals surface area contributed by atoms with E-state index >= 15 is 0 Å². The predicted molar refractivity (Wildman–Crippen MR) is 81.1 cm³/mol. The van der Waals surface area contributed by atoms with Gasteiger partial charge in [-0.2, -0.15) is 0 Å². The van der Waals surface area contributed by atoms with Gasteiger partial charge >= 0.3 is 5.97 Å². The molecule has 7 heteroatoms. The second-order valence-corrected chi connectivity index (χ2v) is 4.42. The number of hydrogen-bond acceptors (Lipinski definition) is 6. The molecule has 0 radical (unpaired) electrons. The first-order valence-electron chi connectivity index (χ1n) is 6.74. The summed E-state index contributed by atoms with van der Waals surface area (Å²) in [6, 6.07) is 9.77. The Hall–Kier alpha value is -3.22. The van der Waals surface area contributed by atoms with Gasteiger partial charge in [-0.1, -0.05) is 12.1 Å². The Balaban J connectivity index is 2.34. The fourth-order valence-corrected chi connectivity index (χ4v) is 1.91. The van der Waals surface area contributed by atoms with Crippen LogP contribution in [0, 0.1) is 10.1 Å². The van der Waals surface area contributed by atoms with E-state index in [-0.39, 0.29) is 22.7 Å². The number of carbonyl (C=O) groups is 2. The molecule has 0 N–H and O–H groups in total. The third-order valence-electron chi connectivity index (χ3n) is 2.93. The van der Waals surface area contributed by atoms with Gasteiger partial charge in [0.25, 0.3) is 5.69 Å². The molecular weight excluding hydrogens is 302 g/mol. The third-order valence-corrected chi connectivity index (χ3v) is 2.93. The SMILES string of the molecule is CCOc1cc(C=O)ccc1OC(=O)c1ccccc1[N+](=O)[O-]. The van der Waals surface area contributed by atoms with Crippen molar-refractivity contribution in [2.75, 3.05) is 6.61 Å². The second-order valence-electron chi connectivity index (χ2n) is 4.42. The number of hydrogen-bond donors (Lipinski definition) is 0. The number of nitro benzene ring substituents is 1. The molecule has 2 aromatic carbocycles. The Morgan fingerprint density at radius 2 is 1.96 bits per heavy atom. The minimum Gasteiger partial charge on any atom is -0.490 e. The van der Waals surface area contributed by atoms with Crippen LogP contribution in [0.4, 0.5) is 5.69 Å². The first-order chi connectivity index (χ1) is 11.1. The maximum Gasteiger partial charge on any atom is 0.350 e. The number of esters is 1. The Bertz CT molecular complexity index is 756. The summed E-state index contributed by atoms with van der Waals surface area (Å²) in [5.74, 6) is -0.582. The highest BCUT2D eigenvalue weighted by molar-refractivity contribution is 5.95. The number of ether oxygens (including phenoxy) is 2. The molecule has 0 aromatic heterocycles. The maximum atomic E-state index is 12.2. The molecule has 118 valence electrons. The molecule has 0 aliphatic rings. The quantitative estimate of drug-likeness (QED) is 0.267. The molecular formula is C16H13NO6. The average Bonchev–Trinajstić information content (AvgIpc) is 2.56. The van der Waals surface area contributed by atoms with E-state index in [1.165, 1.54) is 42.5 Å². The second kappa shape index (κ2) is 7.17. The maximum absolute atomic E-state index is 12.2. The van der Waals surface area contributed by atoms with E-state index in [0.29, 0.717) is 18.5 Å². The summed E-state index contributed by atoms with van der Waals surface area (Å²) in [5.41, 5.74) is -0.154. The number of carbonyl (C=O) groups excluding carboxylic acids is 2.